The van der Waals surface area contributed by atoms with Crippen molar-refractivity contribution in [1.29, 1.82) is 0 Å². The molecule has 0 spiro atoms. The molecule has 1 heterocycles. The van der Waals surface area contributed by atoms with Crippen LogP contribution in [0.3, 0.4) is 0 Å². The number of hydrazine groups is 1. The number of aromatic nitrogens is 1. The van der Waals surface area contributed by atoms with Crippen molar-refractivity contribution in [1.82, 2.24) is 15.0 Å². The van der Waals surface area contributed by atoms with Crippen molar-refractivity contribution >= 4 is 27.2 Å². The molecule has 128 valence electrons. The molecule has 1 aromatic heterocycles. The summed E-state index contributed by atoms with van der Waals surface area (Å²) in [5.74, 6) is -1.38. The number of rotatable bonds is 8. The van der Waals surface area contributed by atoms with E-state index >= 15 is 0 Å². The molecule has 0 amide bonds. The summed E-state index contributed by atoms with van der Waals surface area (Å²) in [6.45, 7) is 8.28. The molecule has 0 atom stereocenters. The van der Waals surface area contributed by atoms with Crippen molar-refractivity contribution in [3.63, 3.8) is 0 Å². The number of benzene rings is 1. The minimum atomic E-state index is -0.711. The topological polar surface area (TPSA) is 31.4 Å². The molecule has 0 saturated heterocycles. The SMILES string of the molecule is C=CCCN(C)N(C)/C=C\C(=C)Nc1c(F)cc2scnc2c1F. The first-order valence-corrected chi connectivity index (χ1v) is 8.22. The van der Waals surface area contributed by atoms with Crippen LogP contribution in [0.4, 0.5) is 14.5 Å². The van der Waals surface area contributed by atoms with Gasteiger partial charge in [0.15, 0.2) is 11.6 Å². The molecule has 1 aromatic carbocycles. The Bertz CT molecular complexity index is 769. The lowest BCUT2D eigenvalue weighted by Crippen LogP contribution is -2.33. The Kier molecular flexibility index (Phi) is 6.05. The maximum atomic E-state index is 14.3. The Balaban J connectivity index is 2.07. The van der Waals surface area contributed by atoms with Gasteiger partial charge in [-0.05, 0) is 18.6 Å². The molecule has 0 aliphatic carbocycles. The van der Waals surface area contributed by atoms with E-state index in [1.54, 1.807) is 12.3 Å². The Hall–Kier alpha value is -2.25. The fourth-order valence-corrected chi connectivity index (χ4v) is 2.69. The minimum Gasteiger partial charge on any atom is -0.351 e. The van der Waals surface area contributed by atoms with Gasteiger partial charge < -0.3 is 10.3 Å². The fourth-order valence-electron chi connectivity index (χ4n) is 2.00. The monoisotopic (exact) mass is 350 g/mol. The molecule has 0 aliphatic rings. The number of hydrogen-bond donors (Lipinski definition) is 1. The van der Waals surface area contributed by atoms with Gasteiger partial charge >= 0.3 is 0 Å². The zero-order valence-corrected chi connectivity index (χ0v) is 14.5. The minimum absolute atomic E-state index is 0.155. The van der Waals surface area contributed by atoms with Crippen molar-refractivity contribution in [2.75, 3.05) is 26.0 Å². The van der Waals surface area contributed by atoms with Gasteiger partial charge in [0.2, 0.25) is 0 Å². The molecule has 2 rings (SSSR count). The summed E-state index contributed by atoms with van der Waals surface area (Å²) in [4.78, 5) is 3.92. The van der Waals surface area contributed by atoms with Gasteiger partial charge in [-0.15, -0.1) is 17.9 Å². The summed E-state index contributed by atoms with van der Waals surface area (Å²) in [6, 6.07) is 1.27. The molecular formula is C17H20F2N4S. The predicted octanol–water partition coefficient (Wildman–Crippen LogP) is 4.37. The third-order valence-corrected chi connectivity index (χ3v) is 4.27. The van der Waals surface area contributed by atoms with Crippen molar-refractivity contribution in [3.8, 4) is 0 Å². The van der Waals surface area contributed by atoms with Crippen LogP contribution < -0.4 is 5.32 Å². The number of fused-ring (bicyclic) bond motifs is 1. The standard InChI is InChI=1S/C17H20F2N4S/c1-5-6-8-22(3)23(4)9-7-12(2)21-16-13(18)10-14-17(15(16)19)20-11-24-14/h5,7,9-11,21H,1-2,6,8H2,3-4H3/b9-7-. The molecular weight excluding hydrogens is 330 g/mol. The van der Waals surface area contributed by atoms with Crippen LogP contribution in [-0.2, 0) is 0 Å². The Labute approximate surface area is 144 Å². The van der Waals surface area contributed by atoms with Crippen LogP contribution in [0, 0.1) is 11.6 Å². The van der Waals surface area contributed by atoms with Crippen LogP contribution in [0.15, 0.2) is 48.8 Å². The summed E-state index contributed by atoms with van der Waals surface area (Å²) < 4.78 is 28.9. The number of allylic oxidation sites excluding steroid dienone is 1. The quantitative estimate of drug-likeness (QED) is 0.435. The van der Waals surface area contributed by atoms with Crippen molar-refractivity contribution in [2.45, 2.75) is 6.42 Å². The molecule has 0 aliphatic heterocycles. The fraction of sp³-hybridized carbons (Fsp3) is 0.235. The number of hydrogen-bond acceptors (Lipinski definition) is 5. The van der Waals surface area contributed by atoms with Crippen LogP contribution in [0.25, 0.3) is 10.2 Å². The van der Waals surface area contributed by atoms with Gasteiger partial charge in [0.05, 0.1) is 10.2 Å². The summed E-state index contributed by atoms with van der Waals surface area (Å²) in [5, 5.41) is 6.50. The third kappa shape index (κ3) is 4.18. The van der Waals surface area contributed by atoms with E-state index in [1.165, 1.54) is 22.9 Å². The first-order chi connectivity index (χ1) is 11.4. The maximum absolute atomic E-state index is 14.3. The van der Waals surface area contributed by atoms with Gasteiger partial charge in [0.1, 0.15) is 11.2 Å². The number of halogens is 2. The molecule has 4 nitrogen and oxygen atoms in total. The maximum Gasteiger partial charge on any atom is 0.176 e. The average molecular weight is 350 g/mol. The molecule has 24 heavy (non-hydrogen) atoms. The molecule has 0 saturated carbocycles. The van der Waals surface area contributed by atoms with Crippen molar-refractivity contribution in [2.24, 2.45) is 0 Å². The highest BCUT2D eigenvalue weighted by Gasteiger charge is 2.15. The smallest absolute Gasteiger partial charge is 0.176 e. The summed E-state index contributed by atoms with van der Waals surface area (Å²) in [6.07, 6.45) is 6.11. The molecule has 0 radical (unpaired) electrons. The first-order valence-electron chi connectivity index (χ1n) is 7.34. The highest BCUT2D eigenvalue weighted by Crippen LogP contribution is 2.30. The lowest BCUT2D eigenvalue weighted by Gasteiger charge is -2.26. The molecule has 7 heteroatoms. The van der Waals surface area contributed by atoms with E-state index in [9.17, 15) is 8.78 Å². The molecule has 1 N–H and O–H groups in total. The third-order valence-electron chi connectivity index (χ3n) is 3.49. The summed E-state index contributed by atoms with van der Waals surface area (Å²) >= 11 is 1.19. The van der Waals surface area contributed by atoms with E-state index < -0.39 is 11.6 Å². The van der Waals surface area contributed by atoms with Crippen LogP contribution in [0.2, 0.25) is 0 Å². The number of anilines is 1. The number of thiazole rings is 1. The normalized spacial score (nSPS) is 11.4. The van der Waals surface area contributed by atoms with E-state index in [0.29, 0.717) is 10.4 Å². The van der Waals surface area contributed by atoms with Crippen molar-refractivity contribution < 1.29 is 8.78 Å². The summed E-state index contributed by atoms with van der Waals surface area (Å²) in [7, 11) is 3.80. The largest absolute Gasteiger partial charge is 0.351 e. The predicted molar refractivity (Wildman–Crippen MR) is 96.6 cm³/mol. The van der Waals surface area contributed by atoms with Crippen LogP contribution in [-0.4, -0.2) is 35.6 Å². The van der Waals surface area contributed by atoms with Gasteiger partial charge in [-0.25, -0.2) is 18.8 Å². The first kappa shape index (κ1) is 18.1. The second kappa shape index (κ2) is 8.03. The molecule has 0 fully saturated rings. The number of nitrogens with zero attached hydrogens (tertiary/aromatic N) is 3. The van der Waals surface area contributed by atoms with Gasteiger partial charge in [-0.3, -0.25) is 0 Å². The van der Waals surface area contributed by atoms with E-state index in [-0.39, 0.29) is 11.2 Å². The van der Waals surface area contributed by atoms with Gasteiger partial charge in [0.25, 0.3) is 0 Å². The summed E-state index contributed by atoms with van der Waals surface area (Å²) in [5.41, 5.74) is 1.76. The Morgan fingerprint density at radius 1 is 1.42 bits per heavy atom. The highest BCUT2D eigenvalue weighted by atomic mass is 32.1. The lowest BCUT2D eigenvalue weighted by atomic mass is 10.2. The lowest BCUT2D eigenvalue weighted by molar-refractivity contribution is 0.0826. The van der Waals surface area contributed by atoms with Crippen molar-refractivity contribution in [3.05, 3.63) is 60.4 Å². The highest BCUT2D eigenvalue weighted by molar-refractivity contribution is 7.16. The van der Waals surface area contributed by atoms with Crippen LogP contribution in [0.1, 0.15) is 6.42 Å². The number of nitrogens with one attached hydrogen (secondary N) is 1. The van der Waals surface area contributed by atoms with E-state index in [0.717, 1.165) is 13.0 Å². The van der Waals surface area contributed by atoms with Crippen LogP contribution >= 0.6 is 11.3 Å². The van der Waals surface area contributed by atoms with Gasteiger partial charge in [-0.1, -0.05) is 12.7 Å². The average Bonchev–Trinajstić information content (AvgIpc) is 3.02. The van der Waals surface area contributed by atoms with E-state index in [1.807, 2.05) is 30.2 Å². The van der Waals surface area contributed by atoms with E-state index in [4.69, 9.17) is 0 Å². The molecule has 0 unspecified atom stereocenters. The van der Waals surface area contributed by atoms with Gasteiger partial charge in [-0.2, -0.15) is 0 Å². The zero-order valence-electron chi connectivity index (χ0n) is 13.7. The zero-order chi connectivity index (χ0) is 17.7. The Morgan fingerprint density at radius 3 is 2.88 bits per heavy atom. The molecule has 2 aromatic rings. The van der Waals surface area contributed by atoms with Crippen LogP contribution in [0.5, 0.6) is 0 Å². The second-order valence-corrected chi connectivity index (χ2v) is 6.13. The van der Waals surface area contributed by atoms with Gasteiger partial charge in [0, 0.05) is 32.5 Å². The van der Waals surface area contributed by atoms with E-state index in [2.05, 4.69) is 23.5 Å². The molecule has 0 bridgehead atoms. The second-order valence-electron chi connectivity index (χ2n) is 5.24. The Morgan fingerprint density at radius 2 is 2.17 bits per heavy atom.